The summed E-state index contributed by atoms with van der Waals surface area (Å²) in [6.45, 7) is 0. The summed E-state index contributed by atoms with van der Waals surface area (Å²) in [5.74, 6) is 0.950. The van der Waals surface area contributed by atoms with E-state index in [1.165, 1.54) is 25.7 Å². The molecule has 0 aromatic carbocycles. The SMILES string of the molecule is NC1CC2CCC(C2)N1. The van der Waals surface area contributed by atoms with Crippen molar-refractivity contribution in [1.29, 1.82) is 0 Å². The van der Waals surface area contributed by atoms with Gasteiger partial charge in [0.05, 0.1) is 6.17 Å². The van der Waals surface area contributed by atoms with Crippen molar-refractivity contribution in [2.45, 2.75) is 37.9 Å². The highest BCUT2D eigenvalue weighted by Crippen LogP contribution is 2.32. The van der Waals surface area contributed by atoms with Crippen molar-refractivity contribution in [3.63, 3.8) is 0 Å². The molecule has 2 nitrogen and oxygen atoms in total. The zero-order valence-corrected chi connectivity index (χ0v) is 5.64. The summed E-state index contributed by atoms with van der Waals surface area (Å²) in [5, 5.41) is 3.39. The van der Waals surface area contributed by atoms with E-state index in [1.807, 2.05) is 0 Å². The van der Waals surface area contributed by atoms with Gasteiger partial charge < -0.3 is 5.73 Å². The second-order valence-electron chi connectivity index (χ2n) is 3.38. The van der Waals surface area contributed by atoms with Gasteiger partial charge in [0.2, 0.25) is 0 Å². The van der Waals surface area contributed by atoms with E-state index in [2.05, 4.69) is 5.32 Å². The summed E-state index contributed by atoms with van der Waals surface area (Å²) in [6, 6.07) is 0.763. The number of piperidine rings is 1. The number of nitrogens with one attached hydrogen (secondary N) is 1. The van der Waals surface area contributed by atoms with Crippen molar-refractivity contribution in [3.8, 4) is 0 Å². The van der Waals surface area contributed by atoms with Crippen LogP contribution in [0.2, 0.25) is 0 Å². The molecule has 1 aliphatic carbocycles. The highest BCUT2D eigenvalue weighted by atomic mass is 15.1. The zero-order chi connectivity index (χ0) is 6.27. The Morgan fingerprint density at radius 3 is 2.89 bits per heavy atom. The van der Waals surface area contributed by atoms with Gasteiger partial charge in [0.15, 0.2) is 0 Å². The predicted octanol–water partition coefficient (Wildman–Crippen LogP) is 0.433. The lowest BCUT2D eigenvalue weighted by Gasteiger charge is -2.25. The summed E-state index contributed by atoms with van der Waals surface area (Å²) >= 11 is 0. The van der Waals surface area contributed by atoms with Crippen LogP contribution in [0.15, 0.2) is 0 Å². The van der Waals surface area contributed by atoms with Crippen LogP contribution in [0.3, 0.4) is 0 Å². The average Bonchev–Trinajstić information content (AvgIpc) is 2.11. The van der Waals surface area contributed by atoms with Crippen LogP contribution in [0, 0.1) is 5.92 Å². The standard InChI is InChI=1S/C7H14N2/c8-7-4-5-1-2-6(3-5)9-7/h5-7,9H,1-4,8H2. The van der Waals surface area contributed by atoms with Gasteiger partial charge in [-0.3, -0.25) is 5.32 Å². The van der Waals surface area contributed by atoms with Gasteiger partial charge in [-0.25, -0.2) is 0 Å². The Hall–Kier alpha value is -0.0800. The van der Waals surface area contributed by atoms with E-state index in [4.69, 9.17) is 5.73 Å². The molecule has 3 atom stereocenters. The number of nitrogens with two attached hydrogens (primary N) is 1. The molecule has 0 amide bonds. The van der Waals surface area contributed by atoms with Crippen LogP contribution in [0.4, 0.5) is 0 Å². The first kappa shape index (κ1) is 5.69. The van der Waals surface area contributed by atoms with Crippen LogP contribution < -0.4 is 11.1 Å². The van der Waals surface area contributed by atoms with Gasteiger partial charge in [-0.05, 0) is 31.6 Å². The lowest BCUT2D eigenvalue weighted by Crippen LogP contribution is -2.46. The maximum Gasteiger partial charge on any atom is 0.0551 e. The van der Waals surface area contributed by atoms with Gasteiger partial charge in [0.1, 0.15) is 0 Å². The van der Waals surface area contributed by atoms with Crippen LogP contribution in [-0.2, 0) is 0 Å². The second kappa shape index (κ2) is 1.96. The van der Waals surface area contributed by atoms with E-state index >= 15 is 0 Å². The molecule has 2 aliphatic rings. The summed E-state index contributed by atoms with van der Waals surface area (Å²) in [5.41, 5.74) is 5.74. The molecule has 9 heavy (non-hydrogen) atoms. The first-order chi connectivity index (χ1) is 4.34. The monoisotopic (exact) mass is 126 g/mol. The Labute approximate surface area is 55.8 Å². The van der Waals surface area contributed by atoms with Gasteiger partial charge in [-0.15, -0.1) is 0 Å². The Bertz CT molecular complexity index is 101. The summed E-state index contributed by atoms with van der Waals surface area (Å²) in [4.78, 5) is 0. The molecule has 1 heterocycles. The molecule has 2 bridgehead atoms. The van der Waals surface area contributed by atoms with Crippen LogP contribution in [0.5, 0.6) is 0 Å². The molecule has 0 radical (unpaired) electrons. The third-order valence-corrected chi connectivity index (χ3v) is 2.58. The van der Waals surface area contributed by atoms with Gasteiger partial charge in [0, 0.05) is 6.04 Å². The minimum Gasteiger partial charge on any atom is -0.316 e. The van der Waals surface area contributed by atoms with E-state index in [-0.39, 0.29) is 0 Å². The summed E-state index contributed by atoms with van der Waals surface area (Å²) in [6.07, 6.45) is 5.66. The van der Waals surface area contributed by atoms with Gasteiger partial charge in [-0.2, -0.15) is 0 Å². The summed E-state index contributed by atoms with van der Waals surface area (Å²) < 4.78 is 0. The number of fused-ring (bicyclic) bond motifs is 2. The quantitative estimate of drug-likeness (QED) is 0.494. The predicted molar refractivity (Wildman–Crippen MR) is 36.9 cm³/mol. The molecule has 1 saturated heterocycles. The fourth-order valence-corrected chi connectivity index (χ4v) is 2.17. The molecule has 3 N–H and O–H groups in total. The third kappa shape index (κ3) is 0.970. The van der Waals surface area contributed by atoms with Crippen LogP contribution in [0.1, 0.15) is 25.7 Å². The lowest BCUT2D eigenvalue weighted by molar-refractivity contribution is 0.314. The first-order valence-electron chi connectivity index (χ1n) is 3.86. The third-order valence-electron chi connectivity index (χ3n) is 2.58. The smallest absolute Gasteiger partial charge is 0.0551 e. The van der Waals surface area contributed by atoms with Crippen LogP contribution in [0.25, 0.3) is 0 Å². The number of hydrogen-bond acceptors (Lipinski definition) is 2. The van der Waals surface area contributed by atoms with Crippen molar-refractivity contribution in [3.05, 3.63) is 0 Å². The lowest BCUT2D eigenvalue weighted by atomic mass is 9.99. The van der Waals surface area contributed by atoms with E-state index in [1.54, 1.807) is 0 Å². The van der Waals surface area contributed by atoms with Gasteiger partial charge in [-0.1, -0.05) is 0 Å². The number of rotatable bonds is 0. The molecule has 0 aromatic rings. The second-order valence-corrected chi connectivity index (χ2v) is 3.38. The minimum atomic E-state index is 0.302. The zero-order valence-electron chi connectivity index (χ0n) is 5.64. The van der Waals surface area contributed by atoms with Crippen molar-refractivity contribution in [2.75, 3.05) is 0 Å². The fraction of sp³-hybridized carbons (Fsp3) is 1.00. The van der Waals surface area contributed by atoms with E-state index in [0.717, 1.165) is 12.0 Å². The van der Waals surface area contributed by atoms with Crippen molar-refractivity contribution in [2.24, 2.45) is 11.7 Å². The Kier molecular flexibility index (Phi) is 1.24. The van der Waals surface area contributed by atoms with E-state index < -0.39 is 0 Å². The van der Waals surface area contributed by atoms with Gasteiger partial charge >= 0.3 is 0 Å². The Balaban J connectivity index is 2.03. The first-order valence-corrected chi connectivity index (χ1v) is 3.86. The maximum absolute atomic E-state index is 5.74. The van der Waals surface area contributed by atoms with E-state index in [0.29, 0.717) is 6.17 Å². The molecular weight excluding hydrogens is 112 g/mol. The molecule has 1 aliphatic heterocycles. The van der Waals surface area contributed by atoms with E-state index in [9.17, 15) is 0 Å². The summed E-state index contributed by atoms with van der Waals surface area (Å²) in [7, 11) is 0. The molecule has 0 aromatic heterocycles. The fourth-order valence-electron chi connectivity index (χ4n) is 2.17. The van der Waals surface area contributed by atoms with Crippen LogP contribution >= 0.6 is 0 Å². The van der Waals surface area contributed by atoms with Gasteiger partial charge in [0.25, 0.3) is 0 Å². The number of hydrogen-bond donors (Lipinski definition) is 2. The molecule has 2 heteroatoms. The average molecular weight is 126 g/mol. The van der Waals surface area contributed by atoms with Crippen LogP contribution in [-0.4, -0.2) is 12.2 Å². The molecule has 0 spiro atoms. The molecule has 3 unspecified atom stereocenters. The Morgan fingerprint density at radius 1 is 1.22 bits per heavy atom. The largest absolute Gasteiger partial charge is 0.316 e. The van der Waals surface area contributed by atoms with Crippen molar-refractivity contribution in [1.82, 2.24) is 5.32 Å². The van der Waals surface area contributed by atoms with Crippen molar-refractivity contribution < 1.29 is 0 Å². The molecule has 2 rings (SSSR count). The molecular formula is C7H14N2. The normalized spacial score (nSPS) is 49.7. The highest BCUT2D eigenvalue weighted by molar-refractivity contribution is 4.88. The highest BCUT2D eigenvalue weighted by Gasteiger charge is 2.31. The molecule has 2 fully saturated rings. The minimum absolute atomic E-state index is 0.302. The van der Waals surface area contributed by atoms with Crippen molar-refractivity contribution >= 4 is 0 Å². The molecule has 52 valence electrons. The Morgan fingerprint density at radius 2 is 2.11 bits per heavy atom. The maximum atomic E-state index is 5.74. The topological polar surface area (TPSA) is 38.0 Å². The molecule has 1 saturated carbocycles.